The minimum Gasteiger partial charge on any atom is -0.506 e. The summed E-state index contributed by atoms with van der Waals surface area (Å²) in [5.74, 6) is -2.50. The maximum Gasteiger partial charge on any atom is 0.322 e. The van der Waals surface area contributed by atoms with E-state index >= 15 is 0 Å². The Hall–Kier alpha value is -4.29. The third-order valence-electron chi connectivity index (χ3n) is 6.48. The predicted molar refractivity (Wildman–Crippen MR) is 142 cm³/mol. The molecule has 0 atom stereocenters. The molecule has 0 spiro atoms. The lowest BCUT2D eigenvalue weighted by molar-refractivity contribution is -0.135. The zero-order valence-corrected chi connectivity index (χ0v) is 22.0. The summed E-state index contributed by atoms with van der Waals surface area (Å²) in [6.45, 7) is 2.41. The summed E-state index contributed by atoms with van der Waals surface area (Å²) in [7, 11) is -4.14. The molecule has 0 saturated heterocycles. The third kappa shape index (κ3) is 5.76. The summed E-state index contributed by atoms with van der Waals surface area (Å²) in [6.07, 6.45) is 0.0633. The van der Waals surface area contributed by atoms with Crippen LogP contribution < -0.4 is 10.6 Å². The molecule has 6 N–H and O–H groups in total. The molecule has 12 heteroatoms. The number of hydrogen-bond acceptors (Lipinski definition) is 9. The maximum atomic E-state index is 13.1. The van der Waals surface area contributed by atoms with Gasteiger partial charge in [0.05, 0.1) is 11.4 Å². The van der Waals surface area contributed by atoms with Crippen molar-refractivity contribution >= 4 is 33.4 Å². The molecule has 206 valence electrons. The van der Waals surface area contributed by atoms with Gasteiger partial charge in [0.2, 0.25) is 0 Å². The van der Waals surface area contributed by atoms with Crippen LogP contribution in [0.2, 0.25) is 0 Å². The van der Waals surface area contributed by atoms with Gasteiger partial charge in [-0.15, -0.1) is 0 Å². The number of aliphatic carboxylic acids is 2. The van der Waals surface area contributed by atoms with Gasteiger partial charge in [0.15, 0.2) is 0 Å². The van der Waals surface area contributed by atoms with Crippen molar-refractivity contribution in [2.24, 2.45) is 0 Å². The molecule has 39 heavy (non-hydrogen) atoms. The van der Waals surface area contributed by atoms with Crippen molar-refractivity contribution in [2.75, 3.05) is 23.7 Å². The van der Waals surface area contributed by atoms with Gasteiger partial charge in [-0.3, -0.25) is 13.8 Å². The first-order chi connectivity index (χ1) is 18.3. The Morgan fingerprint density at radius 3 is 1.74 bits per heavy atom. The Morgan fingerprint density at radius 2 is 1.28 bits per heavy atom. The van der Waals surface area contributed by atoms with E-state index in [0.29, 0.717) is 27.8 Å². The van der Waals surface area contributed by atoms with Crippen molar-refractivity contribution in [3.05, 3.63) is 76.3 Å². The van der Waals surface area contributed by atoms with Gasteiger partial charge in [0.25, 0.3) is 10.1 Å². The van der Waals surface area contributed by atoms with Gasteiger partial charge in [0.1, 0.15) is 35.1 Å². The summed E-state index contributed by atoms with van der Waals surface area (Å²) in [4.78, 5) is 22.2. The average molecular weight is 557 g/mol. The van der Waals surface area contributed by atoms with Crippen molar-refractivity contribution in [3.63, 3.8) is 0 Å². The molecule has 0 aromatic heterocycles. The van der Waals surface area contributed by atoms with Crippen LogP contribution >= 0.6 is 0 Å². The number of carboxylic acid groups (broad SMARTS) is 2. The van der Waals surface area contributed by atoms with Gasteiger partial charge in [-0.2, -0.15) is 8.42 Å². The van der Waals surface area contributed by atoms with Crippen LogP contribution in [-0.2, 0) is 42.3 Å². The first-order valence-electron chi connectivity index (χ1n) is 11.9. The molecule has 3 aromatic rings. The van der Waals surface area contributed by atoms with Crippen LogP contribution in [0.1, 0.15) is 27.8 Å². The molecule has 1 heterocycles. The van der Waals surface area contributed by atoms with E-state index in [4.69, 9.17) is 14.4 Å². The molecule has 11 nitrogen and oxygen atoms in total. The van der Waals surface area contributed by atoms with E-state index in [9.17, 15) is 28.2 Å². The fourth-order valence-electron chi connectivity index (χ4n) is 4.86. The van der Waals surface area contributed by atoms with E-state index in [1.54, 1.807) is 56.3 Å². The number of hydrogen-bond donors (Lipinski definition) is 6. The standard InChI is InChI=1S/C27H28N2O9S/c1-15-7-17(9-20(25(15)34)28-13-23(30)31)11-27(19-5-3-4-6-22(19)39(36,37)38-27)12-18-8-16(2)26(35)21(10-18)29-14-24(32)33/h3-10,28-29,34-35H,11-14H2,1-2H3,(H,30,31)(H,32,33). The molecule has 0 unspecified atom stereocenters. The number of benzene rings is 3. The number of fused-ring (bicyclic) bond motifs is 1. The fraction of sp³-hybridized carbons (Fsp3) is 0.259. The van der Waals surface area contributed by atoms with Crippen molar-refractivity contribution in [1.82, 2.24) is 0 Å². The quantitative estimate of drug-likeness (QED) is 0.159. The van der Waals surface area contributed by atoms with Crippen molar-refractivity contribution < 1.29 is 42.6 Å². The number of nitrogens with one attached hydrogen (secondary N) is 2. The lowest BCUT2D eigenvalue weighted by Gasteiger charge is -2.29. The van der Waals surface area contributed by atoms with Gasteiger partial charge in [0, 0.05) is 18.4 Å². The molecule has 0 bridgehead atoms. The van der Waals surface area contributed by atoms with Crippen LogP contribution in [-0.4, -0.2) is 53.9 Å². The van der Waals surface area contributed by atoms with E-state index < -0.39 is 40.7 Å². The molecular formula is C27H28N2O9S. The summed E-state index contributed by atoms with van der Waals surface area (Å²) in [6, 6.07) is 12.8. The largest absolute Gasteiger partial charge is 0.506 e. The number of aryl methyl sites for hydroxylation is 2. The molecule has 1 aliphatic heterocycles. The van der Waals surface area contributed by atoms with Gasteiger partial charge in [-0.1, -0.05) is 30.3 Å². The van der Waals surface area contributed by atoms with Crippen LogP contribution in [0.4, 0.5) is 11.4 Å². The Bertz CT molecular complexity index is 1490. The van der Waals surface area contributed by atoms with E-state index in [1.165, 1.54) is 6.07 Å². The van der Waals surface area contributed by atoms with Crippen LogP contribution in [0.5, 0.6) is 11.5 Å². The highest BCUT2D eigenvalue weighted by Crippen LogP contribution is 2.47. The third-order valence-corrected chi connectivity index (χ3v) is 7.91. The molecule has 0 amide bonds. The minimum atomic E-state index is -4.14. The normalized spacial score (nSPS) is 14.9. The average Bonchev–Trinajstić information content (AvgIpc) is 3.07. The van der Waals surface area contributed by atoms with E-state index in [1.807, 2.05) is 0 Å². The van der Waals surface area contributed by atoms with Crippen LogP contribution in [0.3, 0.4) is 0 Å². The number of carboxylic acids is 2. The fourth-order valence-corrected chi connectivity index (χ4v) is 6.34. The summed E-state index contributed by atoms with van der Waals surface area (Å²) < 4.78 is 32.1. The van der Waals surface area contributed by atoms with Gasteiger partial charge in [-0.05, 0) is 54.3 Å². The van der Waals surface area contributed by atoms with E-state index in [2.05, 4.69) is 10.6 Å². The van der Waals surface area contributed by atoms with Gasteiger partial charge in [-0.25, -0.2) is 0 Å². The Labute approximate surface area is 224 Å². The van der Waals surface area contributed by atoms with Crippen molar-refractivity contribution in [1.29, 1.82) is 0 Å². The Balaban J connectivity index is 1.82. The Kier molecular flexibility index (Phi) is 7.44. The second kappa shape index (κ2) is 10.5. The van der Waals surface area contributed by atoms with Gasteiger partial charge >= 0.3 is 11.9 Å². The number of aromatic hydroxyl groups is 2. The molecule has 0 radical (unpaired) electrons. The number of phenols is 2. The molecule has 1 aliphatic rings. The molecule has 0 aliphatic carbocycles. The number of rotatable bonds is 10. The van der Waals surface area contributed by atoms with E-state index in [-0.39, 0.29) is 40.6 Å². The maximum absolute atomic E-state index is 13.1. The highest BCUT2D eigenvalue weighted by Gasteiger charge is 2.48. The second-order valence-corrected chi connectivity index (χ2v) is 11.0. The molecule has 0 fully saturated rings. The lowest BCUT2D eigenvalue weighted by Crippen LogP contribution is -2.32. The van der Waals surface area contributed by atoms with Crippen LogP contribution in [0.15, 0.2) is 53.4 Å². The second-order valence-electron chi connectivity index (χ2n) is 9.49. The summed E-state index contributed by atoms with van der Waals surface area (Å²) >= 11 is 0. The molecule has 0 saturated carbocycles. The highest BCUT2D eigenvalue weighted by atomic mass is 32.2. The van der Waals surface area contributed by atoms with Crippen molar-refractivity contribution in [2.45, 2.75) is 37.2 Å². The Morgan fingerprint density at radius 1 is 0.821 bits per heavy atom. The first-order valence-corrected chi connectivity index (χ1v) is 13.3. The van der Waals surface area contributed by atoms with Crippen LogP contribution in [0.25, 0.3) is 0 Å². The van der Waals surface area contributed by atoms with Crippen LogP contribution in [0, 0.1) is 13.8 Å². The molecule has 4 rings (SSSR count). The minimum absolute atomic E-state index is 0.0180. The molecular weight excluding hydrogens is 528 g/mol. The molecule has 3 aromatic carbocycles. The zero-order chi connectivity index (χ0) is 28.5. The SMILES string of the molecule is Cc1cc(CC2(Cc3cc(C)c(O)c(NCC(=O)O)c3)OS(=O)(=O)c3ccccc32)cc(NCC(=O)O)c1O. The van der Waals surface area contributed by atoms with Gasteiger partial charge < -0.3 is 31.1 Å². The number of carbonyl (C=O) groups is 2. The smallest absolute Gasteiger partial charge is 0.322 e. The lowest BCUT2D eigenvalue weighted by atomic mass is 9.81. The zero-order valence-electron chi connectivity index (χ0n) is 21.2. The van der Waals surface area contributed by atoms with E-state index in [0.717, 1.165) is 0 Å². The summed E-state index contributed by atoms with van der Waals surface area (Å²) in [5.41, 5.74) is 1.39. The topological polar surface area (TPSA) is 182 Å². The number of phenolic OH excluding ortho intramolecular Hbond substituents is 2. The highest BCUT2D eigenvalue weighted by molar-refractivity contribution is 7.87. The number of anilines is 2. The monoisotopic (exact) mass is 556 g/mol. The predicted octanol–water partition coefficient (Wildman–Crippen LogP) is 3.11. The first kappa shape index (κ1) is 27.7. The van der Waals surface area contributed by atoms with Crippen molar-refractivity contribution in [3.8, 4) is 11.5 Å². The summed E-state index contributed by atoms with van der Waals surface area (Å²) in [5, 5.41) is 44.4.